The molecule has 1 aromatic heterocycles. The Hall–Kier alpha value is -1.46. The van der Waals surface area contributed by atoms with E-state index in [-0.39, 0.29) is 11.2 Å². The number of hydrogen-bond acceptors (Lipinski definition) is 2. The van der Waals surface area contributed by atoms with E-state index in [0.717, 1.165) is 18.3 Å². The minimum absolute atomic E-state index is 0.0435. The molecule has 0 fully saturated rings. The molecule has 3 nitrogen and oxygen atoms in total. The Morgan fingerprint density at radius 3 is 2.71 bits per heavy atom. The molecule has 0 atom stereocenters. The third-order valence-corrected chi connectivity index (χ3v) is 1.51. The predicted octanol–water partition coefficient (Wildman–Crippen LogP) is 2.14. The average molecular weight is 207 g/mol. The van der Waals surface area contributed by atoms with Crippen molar-refractivity contribution >= 4 is 5.97 Å². The summed E-state index contributed by atoms with van der Waals surface area (Å²) in [6, 6.07) is 2.20. The SMILES string of the molecule is CCOC(=O)c1cccn1C(F)(F)F. The fourth-order valence-corrected chi connectivity index (χ4v) is 0.973. The number of ether oxygens (including phenoxy) is 1. The monoisotopic (exact) mass is 207 g/mol. The van der Waals surface area contributed by atoms with Gasteiger partial charge in [-0.3, -0.25) is 4.57 Å². The van der Waals surface area contributed by atoms with Crippen LogP contribution < -0.4 is 0 Å². The van der Waals surface area contributed by atoms with Crippen molar-refractivity contribution in [1.82, 2.24) is 4.57 Å². The third kappa shape index (κ3) is 2.07. The molecule has 0 unspecified atom stereocenters. The summed E-state index contributed by atoms with van der Waals surface area (Å²) in [4.78, 5) is 11.0. The van der Waals surface area contributed by atoms with Crippen molar-refractivity contribution < 1.29 is 22.7 Å². The Kier molecular flexibility index (Phi) is 2.83. The van der Waals surface area contributed by atoms with Gasteiger partial charge in [0.1, 0.15) is 5.69 Å². The summed E-state index contributed by atoms with van der Waals surface area (Å²) in [6.45, 7) is 1.57. The number of carbonyl (C=O) groups excluding carboxylic acids is 1. The standard InChI is InChI=1S/C8H8F3NO2/c1-2-14-7(13)6-4-3-5-12(6)8(9,10)11/h3-5H,2H2,1H3. The van der Waals surface area contributed by atoms with Crippen LogP contribution in [0.5, 0.6) is 0 Å². The van der Waals surface area contributed by atoms with Crippen LogP contribution in [0.1, 0.15) is 17.4 Å². The van der Waals surface area contributed by atoms with Crippen molar-refractivity contribution in [2.75, 3.05) is 6.61 Å². The molecule has 0 aliphatic rings. The van der Waals surface area contributed by atoms with Crippen LogP contribution in [0.4, 0.5) is 13.2 Å². The van der Waals surface area contributed by atoms with Gasteiger partial charge in [-0.25, -0.2) is 4.79 Å². The smallest absolute Gasteiger partial charge is 0.461 e. The number of alkyl halides is 3. The lowest BCUT2D eigenvalue weighted by Crippen LogP contribution is -2.21. The molecule has 0 radical (unpaired) electrons. The lowest BCUT2D eigenvalue weighted by Gasteiger charge is -2.11. The van der Waals surface area contributed by atoms with Crippen LogP contribution in [0.25, 0.3) is 0 Å². The van der Waals surface area contributed by atoms with Crippen molar-refractivity contribution in [3.8, 4) is 0 Å². The fraction of sp³-hybridized carbons (Fsp3) is 0.375. The first-order chi connectivity index (χ1) is 6.46. The van der Waals surface area contributed by atoms with Gasteiger partial charge in [0, 0.05) is 6.20 Å². The van der Waals surface area contributed by atoms with Gasteiger partial charge in [-0.15, -0.1) is 13.2 Å². The Morgan fingerprint density at radius 2 is 2.21 bits per heavy atom. The van der Waals surface area contributed by atoms with Gasteiger partial charge in [-0.1, -0.05) is 0 Å². The zero-order valence-corrected chi connectivity index (χ0v) is 7.34. The van der Waals surface area contributed by atoms with Gasteiger partial charge >= 0.3 is 12.3 Å². The Morgan fingerprint density at radius 1 is 1.57 bits per heavy atom. The second-order valence-electron chi connectivity index (χ2n) is 2.45. The molecule has 0 aliphatic heterocycles. The number of halogens is 3. The average Bonchev–Trinajstić information content (AvgIpc) is 2.50. The van der Waals surface area contributed by atoms with Gasteiger partial charge in [0.15, 0.2) is 0 Å². The minimum Gasteiger partial charge on any atom is -0.461 e. The molecule has 0 bridgehead atoms. The van der Waals surface area contributed by atoms with E-state index < -0.39 is 18.0 Å². The minimum atomic E-state index is -4.59. The highest BCUT2D eigenvalue weighted by molar-refractivity contribution is 5.87. The van der Waals surface area contributed by atoms with E-state index >= 15 is 0 Å². The van der Waals surface area contributed by atoms with E-state index in [4.69, 9.17) is 0 Å². The van der Waals surface area contributed by atoms with Gasteiger partial charge in [0.2, 0.25) is 0 Å². The summed E-state index contributed by atoms with van der Waals surface area (Å²) in [5.41, 5.74) is -0.514. The molecule has 1 aromatic rings. The lowest BCUT2D eigenvalue weighted by atomic mass is 10.4. The summed E-state index contributed by atoms with van der Waals surface area (Å²) >= 11 is 0. The molecule has 0 saturated carbocycles. The molecule has 0 amide bonds. The van der Waals surface area contributed by atoms with Crippen LogP contribution in [0.3, 0.4) is 0 Å². The van der Waals surface area contributed by atoms with Crippen molar-refractivity contribution in [2.24, 2.45) is 0 Å². The van der Waals surface area contributed by atoms with Crippen molar-refractivity contribution in [2.45, 2.75) is 13.2 Å². The molecule has 78 valence electrons. The van der Waals surface area contributed by atoms with Crippen molar-refractivity contribution in [1.29, 1.82) is 0 Å². The summed E-state index contributed by atoms with van der Waals surface area (Å²) in [7, 11) is 0. The molecule has 0 aliphatic carbocycles. The maximum atomic E-state index is 12.2. The molecular formula is C8H8F3NO2. The molecule has 14 heavy (non-hydrogen) atoms. The van der Waals surface area contributed by atoms with Crippen LogP contribution in [-0.4, -0.2) is 17.1 Å². The summed E-state index contributed by atoms with van der Waals surface area (Å²) in [5, 5.41) is 0. The van der Waals surface area contributed by atoms with Crippen molar-refractivity contribution in [3.63, 3.8) is 0 Å². The predicted molar refractivity (Wildman–Crippen MR) is 41.7 cm³/mol. The highest BCUT2D eigenvalue weighted by atomic mass is 19.4. The Balaban J connectivity index is 2.99. The van der Waals surface area contributed by atoms with Crippen LogP contribution in [0.15, 0.2) is 18.3 Å². The molecule has 1 rings (SSSR count). The first-order valence-electron chi connectivity index (χ1n) is 3.88. The normalized spacial score (nSPS) is 11.4. The van der Waals surface area contributed by atoms with E-state index in [2.05, 4.69) is 4.74 Å². The largest absolute Gasteiger partial charge is 0.489 e. The first-order valence-corrected chi connectivity index (χ1v) is 3.88. The van der Waals surface area contributed by atoms with Gasteiger partial charge in [0.25, 0.3) is 0 Å². The van der Waals surface area contributed by atoms with Crippen LogP contribution >= 0.6 is 0 Å². The van der Waals surface area contributed by atoms with E-state index in [9.17, 15) is 18.0 Å². The van der Waals surface area contributed by atoms with Gasteiger partial charge < -0.3 is 4.74 Å². The number of nitrogens with zero attached hydrogens (tertiary/aromatic N) is 1. The van der Waals surface area contributed by atoms with Gasteiger partial charge in [-0.2, -0.15) is 0 Å². The first kappa shape index (κ1) is 10.6. The zero-order valence-electron chi connectivity index (χ0n) is 7.34. The highest BCUT2D eigenvalue weighted by Crippen LogP contribution is 2.24. The Bertz CT molecular complexity index is 330. The molecule has 0 saturated heterocycles. The number of rotatable bonds is 2. The van der Waals surface area contributed by atoms with Crippen LogP contribution in [0, 0.1) is 0 Å². The lowest BCUT2D eigenvalue weighted by molar-refractivity contribution is -0.204. The van der Waals surface area contributed by atoms with Gasteiger partial charge in [0.05, 0.1) is 6.61 Å². The molecular weight excluding hydrogens is 199 g/mol. The molecule has 0 spiro atoms. The number of carbonyl (C=O) groups is 1. The molecule has 0 N–H and O–H groups in total. The quantitative estimate of drug-likeness (QED) is 0.695. The topological polar surface area (TPSA) is 31.2 Å². The number of esters is 1. The van der Waals surface area contributed by atoms with E-state index in [0.29, 0.717) is 0 Å². The summed E-state index contributed by atoms with van der Waals surface area (Å²) in [6.07, 6.45) is -3.82. The van der Waals surface area contributed by atoms with E-state index in [1.54, 1.807) is 0 Å². The van der Waals surface area contributed by atoms with E-state index in [1.165, 1.54) is 6.92 Å². The molecule has 0 aromatic carbocycles. The zero-order chi connectivity index (χ0) is 10.8. The highest BCUT2D eigenvalue weighted by Gasteiger charge is 2.34. The summed E-state index contributed by atoms with van der Waals surface area (Å²) < 4.78 is 41.1. The molecule has 6 heteroatoms. The second kappa shape index (κ2) is 3.73. The maximum Gasteiger partial charge on any atom is 0.489 e. The summed E-state index contributed by atoms with van der Waals surface area (Å²) in [5.74, 6) is -0.977. The van der Waals surface area contributed by atoms with E-state index in [1.807, 2.05) is 0 Å². The Labute approximate surface area is 78.1 Å². The van der Waals surface area contributed by atoms with Crippen LogP contribution in [0.2, 0.25) is 0 Å². The second-order valence-corrected chi connectivity index (χ2v) is 2.45. The third-order valence-electron chi connectivity index (χ3n) is 1.51. The van der Waals surface area contributed by atoms with Gasteiger partial charge in [-0.05, 0) is 19.1 Å². The number of aromatic nitrogens is 1. The number of hydrogen-bond donors (Lipinski definition) is 0. The maximum absolute atomic E-state index is 12.2. The molecule has 1 heterocycles. The van der Waals surface area contributed by atoms with Crippen molar-refractivity contribution in [3.05, 3.63) is 24.0 Å². The fourth-order valence-electron chi connectivity index (χ4n) is 0.973. The van der Waals surface area contributed by atoms with Crippen LogP contribution in [-0.2, 0) is 11.0 Å².